The van der Waals surface area contributed by atoms with Gasteiger partial charge < -0.3 is 14.7 Å². The molecule has 2 aromatic heterocycles. The number of fused-ring (bicyclic) bond motifs is 1. The van der Waals surface area contributed by atoms with Crippen LogP contribution in [0.25, 0.3) is 21.2 Å². The number of carbonyl (C=O) groups excluding carboxylic acids is 1. The van der Waals surface area contributed by atoms with Gasteiger partial charge in [-0.3, -0.25) is 9.78 Å². The Morgan fingerprint density at radius 2 is 1.86 bits per heavy atom. The van der Waals surface area contributed by atoms with Crippen LogP contribution in [-0.4, -0.2) is 33.5 Å². The van der Waals surface area contributed by atoms with Crippen LogP contribution in [0.15, 0.2) is 60.8 Å². The van der Waals surface area contributed by atoms with Crippen molar-refractivity contribution >= 4 is 27.3 Å². The summed E-state index contributed by atoms with van der Waals surface area (Å²) in [6.07, 6.45) is 7.26. The van der Waals surface area contributed by atoms with Crippen molar-refractivity contribution in [2.75, 3.05) is 6.61 Å². The number of thiophene rings is 1. The van der Waals surface area contributed by atoms with E-state index in [1.165, 1.54) is 17.8 Å². The SMILES string of the molecule is CCOc1ccc(-c2ccc(C)nc2)cc1CN(C(=O)c1sc2ccccc2c1O)C1CCCCC1. The Balaban J connectivity index is 1.54. The van der Waals surface area contributed by atoms with Crippen LogP contribution in [0, 0.1) is 6.92 Å². The number of carbonyl (C=O) groups is 1. The molecular formula is C30H32N2O3S. The molecule has 1 N–H and O–H groups in total. The zero-order valence-corrected chi connectivity index (χ0v) is 21.7. The van der Waals surface area contributed by atoms with Gasteiger partial charge in [0.25, 0.3) is 5.91 Å². The summed E-state index contributed by atoms with van der Waals surface area (Å²) in [5.41, 5.74) is 4.01. The molecule has 0 unspecified atom stereocenters. The topological polar surface area (TPSA) is 62.7 Å². The van der Waals surface area contributed by atoms with E-state index in [1.54, 1.807) is 0 Å². The van der Waals surface area contributed by atoms with Crippen LogP contribution in [0.2, 0.25) is 0 Å². The quantitative estimate of drug-likeness (QED) is 0.288. The maximum Gasteiger partial charge on any atom is 0.268 e. The number of hydrogen-bond donors (Lipinski definition) is 1. The third-order valence-corrected chi connectivity index (χ3v) is 8.13. The molecule has 1 saturated carbocycles. The number of pyridine rings is 1. The molecule has 6 heteroatoms. The minimum absolute atomic E-state index is 0.0888. The van der Waals surface area contributed by atoms with Crippen LogP contribution < -0.4 is 4.74 Å². The molecule has 1 aliphatic rings. The van der Waals surface area contributed by atoms with E-state index in [-0.39, 0.29) is 17.7 Å². The maximum absolute atomic E-state index is 14.0. The number of hydrogen-bond acceptors (Lipinski definition) is 5. The van der Waals surface area contributed by atoms with Crippen LogP contribution in [0.1, 0.15) is 60.0 Å². The van der Waals surface area contributed by atoms with Gasteiger partial charge in [0.1, 0.15) is 16.4 Å². The number of benzene rings is 2. The normalized spacial score (nSPS) is 14.2. The van der Waals surface area contributed by atoms with Crippen molar-refractivity contribution in [3.8, 4) is 22.6 Å². The summed E-state index contributed by atoms with van der Waals surface area (Å²) >= 11 is 1.37. The second-order valence-corrected chi connectivity index (χ2v) is 10.5. The Morgan fingerprint density at radius 1 is 1.08 bits per heavy atom. The average Bonchev–Trinajstić information content (AvgIpc) is 3.25. The molecule has 0 aliphatic heterocycles. The van der Waals surface area contributed by atoms with Gasteiger partial charge in [-0.2, -0.15) is 0 Å². The largest absolute Gasteiger partial charge is 0.506 e. The zero-order chi connectivity index (χ0) is 25.1. The van der Waals surface area contributed by atoms with E-state index in [0.717, 1.165) is 63.9 Å². The lowest BCUT2D eigenvalue weighted by Crippen LogP contribution is -2.40. The lowest BCUT2D eigenvalue weighted by atomic mass is 9.93. The molecule has 1 aliphatic carbocycles. The number of rotatable bonds is 7. The van der Waals surface area contributed by atoms with Crippen LogP contribution in [-0.2, 0) is 6.54 Å². The Bertz CT molecular complexity index is 1360. The summed E-state index contributed by atoms with van der Waals surface area (Å²) in [5, 5.41) is 11.7. The smallest absolute Gasteiger partial charge is 0.268 e. The van der Waals surface area contributed by atoms with Crippen LogP contribution >= 0.6 is 11.3 Å². The molecule has 5 rings (SSSR count). The number of aromatic hydroxyl groups is 1. The Kier molecular flexibility index (Phi) is 7.23. The summed E-state index contributed by atoms with van der Waals surface area (Å²) < 4.78 is 6.91. The van der Waals surface area contributed by atoms with Gasteiger partial charge in [0.15, 0.2) is 0 Å². The number of aromatic nitrogens is 1. The van der Waals surface area contributed by atoms with Gasteiger partial charge in [-0.05, 0) is 62.6 Å². The molecule has 0 bridgehead atoms. The molecule has 2 heterocycles. The molecule has 0 saturated heterocycles. The highest BCUT2D eigenvalue weighted by Crippen LogP contribution is 2.39. The molecule has 0 radical (unpaired) electrons. The van der Waals surface area contributed by atoms with Crippen molar-refractivity contribution < 1.29 is 14.6 Å². The average molecular weight is 501 g/mol. The van der Waals surface area contributed by atoms with Gasteiger partial charge in [0.05, 0.1) is 6.61 Å². The number of ether oxygens (including phenoxy) is 1. The summed E-state index contributed by atoms with van der Waals surface area (Å²) in [6.45, 7) is 4.93. The lowest BCUT2D eigenvalue weighted by molar-refractivity contribution is 0.0615. The molecule has 0 spiro atoms. The van der Waals surface area contributed by atoms with Gasteiger partial charge >= 0.3 is 0 Å². The van der Waals surface area contributed by atoms with E-state index in [4.69, 9.17) is 4.74 Å². The summed E-state index contributed by atoms with van der Waals surface area (Å²) in [4.78, 5) is 20.9. The van der Waals surface area contributed by atoms with E-state index in [1.807, 2.05) is 67.4 Å². The molecule has 0 atom stereocenters. The third-order valence-electron chi connectivity index (χ3n) is 6.99. The number of nitrogens with zero attached hydrogens (tertiary/aromatic N) is 2. The molecule has 4 aromatic rings. The van der Waals surface area contributed by atoms with Crippen molar-refractivity contribution in [1.29, 1.82) is 0 Å². The van der Waals surface area contributed by atoms with Gasteiger partial charge in [-0.15, -0.1) is 11.3 Å². The van der Waals surface area contributed by atoms with Crippen molar-refractivity contribution in [3.63, 3.8) is 0 Å². The van der Waals surface area contributed by atoms with Crippen molar-refractivity contribution in [1.82, 2.24) is 9.88 Å². The minimum Gasteiger partial charge on any atom is -0.506 e. The monoisotopic (exact) mass is 500 g/mol. The van der Waals surface area contributed by atoms with Crippen molar-refractivity contribution in [2.45, 2.75) is 58.5 Å². The predicted molar refractivity (Wildman–Crippen MR) is 146 cm³/mol. The van der Waals surface area contributed by atoms with Gasteiger partial charge in [-0.25, -0.2) is 0 Å². The molecule has 2 aromatic carbocycles. The molecule has 5 nitrogen and oxygen atoms in total. The summed E-state index contributed by atoms with van der Waals surface area (Å²) in [5.74, 6) is 0.770. The lowest BCUT2D eigenvalue weighted by Gasteiger charge is -2.34. The van der Waals surface area contributed by atoms with Crippen LogP contribution in [0.5, 0.6) is 11.5 Å². The predicted octanol–water partition coefficient (Wildman–Crippen LogP) is 7.35. The van der Waals surface area contributed by atoms with Gasteiger partial charge in [0.2, 0.25) is 0 Å². The number of aryl methyl sites for hydroxylation is 1. The first-order valence-electron chi connectivity index (χ1n) is 12.8. The fourth-order valence-corrected chi connectivity index (χ4v) is 6.12. The molecule has 186 valence electrons. The molecule has 1 fully saturated rings. The first-order valence-corrected chi connectivity index (χ1v) is 13.6. The molecule has 1 amide bonds. The van der Waals surface area contributed by atoms with E-state index in [0.29, 0.717) is 18.0 Å². The van der Waals surface area contributed by atoms with Crippen molar-refractivity contribution in [3.05, 3.63) is 76.9 Å². The van der Waals surface area contributed by atoms with Crippen molar-refractivity contribution in [2.24, 2.45) is 0 Å². The second-order valence-electron chi connectivity index (χ2n) is 9.44. The highest BCUT2D eigenvalue weighted by Gasteiger charge is 2.30. The second kappa shape index (κ2) is 10.7. The minimum atomic E-state index is -0.106. The molecular weight excluding hydrogens is 468 g/mol. The third kappa shape index (κ3) is 4.96. The first kappa shape index (κ1) is 24.3. The van der Waals surface area contributed by atoms with Crippen LogP contribution in [0.3, 0.4) is 0 Å². The van der Waals surface area contributed by atoms with E-state index >= 15 is 0 Å². The van der Waals surface area contributed by atoms with E-state index in [9.17, 15) is 9.90 Å². The van der Waals surface area contributed by atoms with E-state index in [2.05, 4.69) is 17.1 Å². The summed E-state index contributed by atoms with van der Waals surface area (Å²) in [7, 11) is 0. The van der Waals surface area contributed by atoms with Crippen LogP contribution in [0.4, 0.5) is 0 Å². The highest BCUT2D eigenvalue weighted by molar-refractivity contribution is 7.21. The van der Waals surface area contributed by atoms with E-state index < -0.39 is 0 Å². The summed E-state index contributed by atoms with van der Waals surface area (Å²) in [6, 6.07) is 18.0. The zero-order valence-electron chi connectivity index (χ0n) is 20.9. The Hall–Kier alpha value is -3.38. The first-order chi connectivity index (χ1) is 17.5. The Labute approximate surface area is 216 Å². The fourth-order valence-electron chi connectivity index (χ4n) is 5.07. The fraction of sp³-hybridized carbons (Fsp3) is 0.333. The van der Waals surface area contributed by atoms with Gasteiger partial charge in [-0.1, -0.05) is 43.5 Å². The number of amides is 1. The standard InChI is InChI=1S/C30H32N2O3S/c1-3-35-26-16-15-21(22-14-13-20(2)31-18-22)17-23(26)19-32(24-9-5-4-6-10-24)30(34)29-28(33)25-11-7-8-12-27(25)36-29/h7-8,11-18,24,33H,3-6,9-10,19H2,1-2H3. The Morgan fingerprint density at radius 3 is 2.58 bits per heavy atom. The maximum atomic E-state index is 14.0. The molecule has 36 heavy (non-hydrogen) atoms. The highest BCUT2D eigenvalue weighted by atomic mass is 32.1. The van der Waals surface area contributed by atoms with Gasteiger partial charge in [0, 0.05) is 45.7 Å².